The zero-order valence-corrected chi connectivity index (χ0v) is 30.4. The molecule has 0 aliphatic carbocycles. The van der Waals surface area contributed by atoms with Crippen LogP contribution in [-0.4, -0.2) is 57.2 Å². The second-order valence-electron chi connectivity index (χ2n) is 13.0. The molecule has 0 saturated heterocycles. The number of amidine groups is 1. The van der Waals surface area contributed by atoms with E-state index in [0.717, 1.165) is 63.6 Å². The SMILES string of the molecule is Cc1c(COc2cc(OCc3cncc(C#N)c3)c(CNC(C)(CO)C(=O)O)cc2Cl)cccc1-c1cccc(-c2ccc(C3=NCCN3)cn2)c1C. The summed E-state index contributed by atoms with van der Waals surface area (Å²) in [5.41, 5.74) is 8.20. The number of aliphatic imine (C=N–C) groups is 1. The first-order chi connectivity index (χ1) is 25.6. The molecule has 0 bridgehead atoms. The van der Waals surface area contributed by atoms with Gasteiger partial charge in [0.15, 0.2) is 0 Å². The highest BCUT2D eigenvalue weighted by Gasteiger charge is 2.32. The highest BCUT2D eigenvalue weighted by Crippen LogP contribution is 2.37. The molecule has 11 nitrogen and oxygen atoms in total. The summed E-state index contributed by atoms with van der Waals surface area (Å²) in [4.78, 5) is 25.2. The van der Waals surface area contributed by atoms with Crippen molar-refractivity contribution < 1.29 is 24.5 Å². The lowest BCUT2D eigenvalue weighted by molar-refractivity contribution is -0.145. The van der Waals surface area contributed by atoms with Crippen molar-refractivity contribution in [1.29, 1.82) is 5.26 Å². The van der Waals surface area contributed by atoms with Gasteiger partial charge in [0.05, 0.1) is 29.4 Å². The highest BCUT2D eigenvalue weighted by molar-refractivity contribution is 6.32. The Morgan fingerprint density at radius 1 is 0.962 bits per heavy atom. The van der Waals surface area contributed by atoms with Gasteiger partial charge < -0.3 is 25.0 Å². The number of carbonyl (C=O) groups is 1. The summed E-state index contributed by atoms with van der Waals surface area (Å²) in [6, 6.07) is 23.5. The van der Waals surface area contributed by atoms with Gasteiger partial charge in [0.2, 0.25) is 0 Å². The minimum Gasteiger partial charge on any atom is -0.488 e. The monoisotopic (exact) mass is 730 g/mol. The first-order valence-corrected chi connectivity index (χ1v) is 17.4. The van der Waals surface area contributed by atoms with Crippen molar-refractivity contribution in [1.82, 2.24) is 20.6 Å². The van der Waals surface area contributed by atoms with Crippen LogP contribution in [0.25, 0.3) is 22.4 Å². The van der Waals surface area contributed by atoms with Crippen molar-refractivity contribution in [2.45, 2.75) is 46.1 Å². The van der Waals surface area contributed by atoms with Gasteiger partial charge in [0, 0.05) is 60.0 Å². The molecule has 3 heterocycles. The van der Waals surface area contributed by atoms with Crippen LogP contribution in [0.5, 0.6) is 11.5 Å². The van der Waals surface area contributed by atoms with E-state index in [1.54, 1.807) is 24.4 Å². The van der Waals surface area contributed by atoms with Crippen LogP contribution in [0, 0.1) is 25.2 Å². The summed E-state index contributed by atoms with van der Waals surface area (Å²) in [7, 11) is 0. The molecule has 4 N–H and O–H groups in total. The van der Waals surface area contributed by atoms with Crippen LogP contribution >= 0.6 is 11.6 Å². The number of hydrogen-bond donors (Lipinski definition) is 4. The van der Waals surface area contributed by atoms with E-state index in [2.05, 4.69) is 58.7 Å². The van der Waals surface area contributed by atoms with E-state index in [4.69, 9.17) is 26.1 Å². The van der Waals surface area contributed by atoms with E-state index in [1.807, 2.05) is 36.5 Å². The fourth-order valence-electron chi connectivity index (χ4n) is 6.01. The lowest BCUT2D eigenvalue weighted by atomic mass is 9.90. The number of nitriles is 1. The van der Waals surface area contributed by atoms with Crippen molar-refractivity contribution in [2.24, 2.45) is 4.99 Å². The van der Waals surface area contributed by atoms with Crippen molar-refractivity contribution in [2.75, 3.05) is 19.7 Å². The number of pyridine rings is 2. The Kier molecular flexibility index (Phi) is 11.3. The fourth-order valence-corrected chi connectivity index (χ4v) is 6.25. The molecule has 1 atom stereocenters. The van der Waals surface area contributed by atoms with Gasteiger partial charge in [-0.15, -0.1) is 0 Å². The molecular formula is C41H39ClN6O5. The number of carboxylic acids is 1. The number of aliphatic carboxylic acids is 1. The van der Waals surface area contributed by atoms with E-state index in [9.17, 15) is 20.3 Å². The van der Waals surface area contributed by atoms with Gasteiger partial charge in [-0.2, -0.15) is 5.26 Å². The molecule has 270 valence electrons. The molecule has 53 heavy (non-hydrogen) atoms. The molecular weight excluding hydrogens is 692 g/mol. The van der Waals surface area contributed by atoms with Gasteiger partial charge in [-0.25, -0.2) is 0 Å². The summed E-state index contributed by atoms with van der Waals surface area (Å²) in [5.74, 6) is 0.431. The molecule has 1 unspecified atom stereocenters. The number of aromatic nitrogens is 2. The summed E-state index contributed by atoms with van der Waals surface area (Å²) in [6.07, 6.45) is 4.92. The minimum atomic E-state index is -1.59. The third kappa shape index (κ3) is 8.31. The lowest BCUT2D eigenvalue weighted by Gasteiger charge is -2.25. The van der Waals surface area contributed by atoms with Gasteiger partial charge in [0.25, 0.3) is 0 Å². The molecule has 0 fully saturated rings. The van der Waals surface area contributed by atoms with Crippen molar-refractivity contribution in [3.8, 4) is 40.0 Å². The predicted molar refractivity (Wildman–Crippen MR) is 203 cm³/mol. The van der Waals surface area contributed by atoms with Crippen molar-refractivity contribution >= 4 is 23.4 Å². The van der Waals surface area contributed by atoms with Crippen LogP contribution in [0.4, 0.5) is 0 Å². The molecule has 12 heteroatoms. The number of halogens is 1. The minimum absolute atomic E-state index is 0.0287. The number of nitrogens with one attached hydrogen (secondary N) is 2. The summed E-state index contributed by atoms with van der Waals surface area (Å²) in [6.45, 7) is 6.88. The average molecular weight is 731 g/mol. The van der Waals surface area contributed by atoms with E-state index < -0.39 is 18.1 Å². The number of ether oxygens (including phenoxy) is 2. The number of aliphatic hydroxyl groups is 1. The molecule has 0 radical (unpaired) electrons. The van der Waals surface area contributed by atoms with E-state index in [1.165, 1.54) is 13.1 Å². The maximum Gasteiger partial charge on any atom is 0.326 e. The summed E-state index contributed by atoms with van der Waals surface area (Å²) in [5, 5.41) is 35.2. The summed E-state index contributed by atoms with van der Waals surface area (Å²) < 4.78 is 12.5. The Bertz CT molecular complexity index is 2220. The first-order valence-electron chi connectivity index (χ1n) is 17.0. The topological polar surface area (TPSA) is 162 Å². The van der Waals surface area contributed by atoms with Gasteiger partial charge in [0.1, 0.15) is 42.2 Å². The molecule has 1 aliphatic rings. The smallest absolute Gasteiger partial charge is 0.326 e. The Morgan fingerprint density at radius 2 is 1.72 bits per heavy atom. The van der Waals surface area contributed by atoms with Gasteiger partial charge in [-0.05, 0) is 72.9 Å². The van der Waals surface area contributed by atoms with Crippen LogP contribution in [0.2, 0.25) is 5.02 Å². The van der Waals surface area contributed by atoms with Crippen molar-refractivity contribution in [3.05, 3.63) is 129 Å². The average Bonchev–Trinajstić information content (AvgIpc) is 3.72. The van der Waals surface area contributed by atoms with Crippen LogP contribution in [0.3, 0.4) is 0 Å². The number of carboxylic acid groups (broad SMARTS) is 1. The highest BCUT2D eigenvalue weighted by atomic mass is 35.5. The maximum absolute atomic E-state index is 11.8. The molecule has 0 amide bonds. The lowest BCUT2D eigenvalue weighted by Crippen LogP contribution is -2.52. The third-order valence-electron chi connectivity index (χ3n) is 9.33. The Balaban J connectivity index is 1.24. The molecule has 6 rings (SSSR count). The van der Waals surface area contributed by atoms with Gasteiger partial charge in [-0.3, -0.25) is 25.1 Å². The van der Waals surface area contributed by atoms with Gasteiger partial charge in [-0.1, -0.05) is 48.0 Å². The van der Waals surface area contributed by atoms with E-state index in [-0.39, 0.29) is 19.8 Å². The number of benzene rings is 3. The number of hydrogen-bond acceptors (Lipinski definition) is 10. The number of nitrogens with zero attached hydrogens (tertiary/aromatic N) is 4. The quantitative estimate of drug-likeness (QED) is 0.101. The standard InChI is InChI=1S/C41H39ClN6O5/c1-25-30(6-4-7-32(25)33-8-5-9-34(26(33)2)36-11-10-29(20-47-36)39-45-12-13-46-39)23-53-38-16-37(52-22-28-14-27(17-43)18-44-19-28)31(15-35(38)42)21-48-41(3,24-49)40(50)51/h4-11,14-16,18-20,48-49H,12-13,21-24H2,1-3H3,(H,45,46)(H,50,51). The number of rotatable bonds is 14. The molecule has 5 aromatic rings. The normalized spacial score (nSPS) is 13.4. The van der Waals surface area contributed by atoms with Crippen LogP contribution in [0.15, 0.2) is 90.3 Å². The molecule has 0 saturated carbocycles. The Hall–Kier alpha value is -5.80. The molecule has 2 aromatic heterocycles. The second kappa shape index (κ2) is 16.3. The van der Waals surface area contributed by atoms with Crippen molar-refractivity contribution in [3.63, 3.8) is 0 Å². The second-order valence-corrected chi connectivity index (χ2v) is 13.4. The Labute approximate surface area is 313 Å². The predicted octanol–water partition coefficient (Wildman–Crippen LogP) is 6.39. The maximum atomic E-state index is 11.8. The van der Waals surface area contributed by atoms with E-state index >= 15 is 0 Å². The summed E-state index contributed by atoms with van der Waals surface area (Å²) >= 11 is 6.74. The first kappa shape index (κ1) is 37.0. The largest absolute Gasteiger partial charge is 0.488 e. The van der Waals surface area contributed by atoms with Crippen LogP contribution in [-0.2, 0) is 24.6 Å². The van der Waals surface area contributed by atoms with E-state index in [0.29, 0.717) is 33.2 Å². The zero-order valence-electron chi connectivity index (χ0n) is 29.6. The Morgan fingerprint density at radius 3 is 2.42 bits per heavy atom. The van der Waals surface area contributed by atoms with Crippen LogP contribution < -0.4 is 20.1 Å². The van der Waals surface area contributed by atoms with Gasteiger partial charge >= 0.3 is 5.97 Å². The molecule has 0 spiro atoms. The molecule has 1 aliphatic heterocycles. The zero-order chi connectivity index (χ0) is 37.5. The fraction of sp³-hybridized carbons (Fsp3) is 0.244. The third-order valence-corrected chi connectivity index (χ3v) is 9.63. The van der Waals surface area contributed by atoms with Crippen LogP contribution in [0.1, 0.15) is 45.9 Å². The molecule has 3 aromatic carbocycles. The number of aliphatic hydroxyl groups excluding tert-OH is 1.